The molecule has 3 rings (SSSR count). The van der Waals surface area contributed by atoms with Crippen molar-refractivity contribution >= 4 is 16.9 Å². The van der Waals surface area contributed by atoms with Gasteiger partial charge in [0.15, 0.2) is 0 Å². The Morgan fingerprint density at radius 3 is 2.89 bits per heavy atom. The SMILES string of the molecule is Cc1ccc2c(CC(=O)NC3CC3)coc2c1C. The molecule has 1 heterocycles. The van der Waals surface area contributed by atoms with Crippen LogP contribution in [0.15, 0.2) is 22.8 Å². The third kappa shape index (κ3) is 2.01. The van der Waals surface area contributed by atoms with E-state index in [0.29, 0.717) is 12.5 Å². The van der Waals surface area contributed by atoms with E-state index < -0.39 is 0 Å². The maximum absolute atomic E-state index is 11.8. The number of hydrogen-bond donors (Lipinski definition) is 1. The Bertz CT molecular complexity index is 608. The van der Waals surface area contributed by atoms with E-state index in [1.165, 1.54) is 5.56 Å². The van der Waals surface area contributed by atoms with Crippen LogP contribution in [0.3, 0.4) is 0 Å². The Morgan fingerprint density at radius 2 is 2.17 bits per heavy atom. The van der Waals surface area contributed by atoms with Crippen LogP contribution in [-0.2, 0) is 11.2 Å². The van der Waals surface area contributed by atoms with Gasteiger partial charge in [0, 0.05) is 17.0 Å². The van der Waals surface area contributed by atoms with Crippen molar-refractivity contribution in [2.45, 2.75) is 39.2 Å². The fraction of sp³-hybridized carbons (Fsp3) is 0.400. The second kappa shape index (κ2) is 4.16. The lowest BCUT2D eigenvalue weighted by atomic mass is 10.0. The van der Waals surface area contributed by atoms with Crippen molar-refractivity contribution in [3.8, 4) is 0 Å². The minimum Gasteiger partial charge on any atom is -0.464 e. The lowest BCUT2D eigenvalue weighted by Crippen LogP contribution is -2.26. The summed E-state index contributed by atoms with van der Waals surface area (Å²) in [5, 5.41) is 4.06. The zero-order valence-corrected chi connectivity index (χ0v) is 10.7. The lowest BCUT2D eigenvalue weighted by Gasteiger charge is -2.03. The van der Waals surface area contributed by atoms with Crippen LogP contribution in [0.4, 0.5) is 0 Å². The summed E-state index contributed by atoms with van der Waals surface area (Å²) in [6, 6.07) is 4.54. The van der Waals surface area contributed by atoms with Gasteiger partial charge in [-0.25, -0.2) is 0 Å². The molecule has 0 saturated heterocycles. The van der Waals surface area contributed by atoms with Crippen molar-refractivity contribution in [3.63, 3.8) is 0 Å². The van der Waals surface area contributed by atoms with E-state index in [1.54, 1.807) is 6.26 Å². The molecule has 0 unspecified atom stereocenters. The van der Waals surface area contributed by atoms with E-state index in [0.717, 1.165) is 34.9 Å². The lowest BCUT2D eigenvalue weighted by molar-refractivity contribution is -0.120. The molecule has 1 aromatic carbocycles. The summed E-state index contributed by atoms with van der Waals surface area (Å²) < 4.78 is 5.60. The topological polar surface area (TPSA) is 42.2 Å². The van der Waals surface area contributed by atoms with E-state index in [4.69, 9.17) is 4.42 Å². The molecular formula is C15H17NO2. The maximum Gasteiger partial charge on any atom is 0.224 e. The fourth-order valence-corrected chi connectivity index (χ4v) is 2.20. The summed E-state index contributed by atoms with van der Waals surface area (Å²) in [6.07, 6.45) is 4.36. The first-order valence-corrected chi connectivity index (χ1v) is 6.41. The number of nitrogens with one attached hydrogen (secondary N) is 1. The molecule has 94 valence electrons. The average molecular weight is 243 g/mol. The van der Waals surface area contributed by atoms with Crippen LogP contribution in [-0.4, -0.2) is 11.9 Å². The summed E-state index contributed by atoms with van der Waals surface area (Å²) in [4.78, 5) is 11.8. The van der Waals surface area contributed by atoms with Gasteiger partial charge >= 0.3 is 0 Å². The van der Waals surface area contributed by atoms with E-state index in [1.807, 2.05) is 6.07 Å². The number of hydrogen-bond acceptors (Lipinski definition) is 2. The molecule has 0 atom stereocenters. The van der Waals surface area contributed by atoms with Gasteiger partial charge in [-0.1, -0.05) is 12.1 Å². The van der Waals surface area contributed by atoms with E-state index in [2.05, 4.69) is 25.2 Å². The number of carbonyl (C=O) groups is 1. The third-order valence-electron chi connectivity index (χ3n) is 3.64. The van der Waals surface area contributed by atoms with Crippen molar-refractivity contribution < 1.29 is 9.21 Å². The molecule has 0 radical (unpaired) electrons. The molecule has 1 aromatic heterocycles. The number of aryl methyl sites for hydroxylation is 2. The quantitative estimate of drug-likeness (QED) is 0.900. The zero-order valence-electron chi connectivity index (χ0n) is 10.7. The van der Waals surface area contributed by atoms with Gasteiger partial charge in [-0.3, -0.25) is 4.79 Å². The van der Waals surface area contributed by atoms with Gasteiger partial charge in [0.1, 0.15) is 5.58 Å². The highest BCUT2D eigenvalue weighted by Gasteiger charge is 2.23. The van der Waals surface area contributed by atoms with Gasteiger partial charge in [0.25, 0.3) is 0 Å². The summed E-state index contributed by atoms with van der Waals surface area (Å²) in [6.45, 7) is 4.12. The highest BCUT2D eigenvalue weighted by atomic mass is 16.3. The Morgan fingerprint density at radius 1 is 1.39 bits per heavy atom. The molecule has 0 aliphatic heterocycles. The average Bonchev–Trinajstić information content (AvgIpc) is 3.04. The second-order valence-electron chi connectivity index (χ2n) is 5.16. The monoisotopic (exact) mass is 243 g/mol. The Balaban J connectivity index is 1.88. The molecule has 3 nitrogen and oxygen atoms in total. The van der Waals surface area contributed by atoms with Crippen LogP contribution in [0.25, 0.3) is 11.0 Å². The molecule has 1 saturated carbocycles. The van der Waals surface area contributed by atoms with Gasteiger partial charge in [-0.05, 0) is 37.8 Å². The summed E-state index contributed by atoms with van der Waals surface area (Å²) in [5.41, 5.74) is 4.25. The fourth-order valence-electron chi connectivity index (χ4n) is 2.20. The Labute approximate surface area is 106 Å². The molecule has 1 fully saturated rings. The molecule has 2 aromatic rings. The van der Waals surface area contributed by atoms with Gasteiger partial charge in [-0.15, -0.1) is 0 Å². The number of fused-ring (bicyclic) bond motifs is 1. The highest BCUT2D eigenvalue weighted by molar-refractivity contribution is 5.89. The summed E-state index contributed by atoms with van der Waals surface area (Å²) >= 11 is 0. The van der Waals surface area contributed by atoms with Crippen molar-refractivity contribution in [3.05, 3.63) is 35.1 Å². The van der Waals surface area contributed by atoms with Crippen LogP contribution < -0.4 is 5.32 Å². The predicted octanol–water partition coefficient (Wildman–Crippen LogP) is 2.87. The van der Waals surface area contributed by atoms with Crippen molar-refractivity contribution in [1.82, 2.24) is 5.32 Å². The van der Waals surface area contributed by atoms with Crippen LogP contribution >= 0.6 is 0 Å². The molecule has 1 aliphatic rings. The smallest absolute Gasteiger partial charge is 0.224 e. The summed E-state index contributed by atoms with van der Waals surface area (Å²) in [5.74, 6) is 0.0958. The van der Waals surface area contributed by atoms with Gasteiger partial charge < -0.3 is 9.73 Å². The first-order chi connectivity index (χ1) is 8.65. The Kier molecular flexibility index (Phi) is 2.62. The highest BCUT2D eigenvalue weighted by Crippen LogP contribution is 2.27. The number of rotatable bonds is 3. The second-order valence-corrected chi connectivity index (χ2v) is 5.16. The largest absolute Gasteiger partial charge is 0.464 e. The molecule has 18 heavy (non-hydrogen) atoms. The van der Waals surface area contributed by atoms with Crippen molar-refractivity contribution in [1.29, 1.82) is 0 Å². The maximum atomic E-state index is 11.8. The van der Waals surface area contributed by atoms with Gasteiger partial charge in [0.05, 0.1) is 12.7 Å². The molecule has 1 aliphatic carbocycles. The number of carbonyl (C=O) groups excluding carboxylic acids is 1. The van der Waals surface area contributed by atoms with Crippen LogP contribution in [0.1, 0.15) is 29.5 Å². The number of furan rings is 1. The van der Waals surface area contributed by atoms with Crippen molar-refractivity contribution in [2.75, 3.05) is 0 Å². The van der Waals surface area contributed by atoms with Gasteiger partial charge in [0.2, 0.25) is 5.91 Å². The molecule has 1 amide bonds. The van der Waals surface area contributed by atoms with Crippen LogP contribution in [0.5, 0.6) is 0 Å². The predicted molar refractivity (Wildman–Crippen MR) is 70.6 cm³/mol. The first-order valence-electron chi connectivity index (χ1n) is 6.41. The minimum absolute atomic E-state index is 0.0958. The minimum atomic E-state index is 0.0958. The van der Waals surface area contributed by atoms with Crippen LogP contribution in [0.2, 0.25) is 0 Å². The van der Waals surface area contributed by atoms with E-state index >= 15 is 0 Å². The molecular weight excluding hydrogens is 226 g/mol. The molecule has 1 N–H and O–H groups in total. The molecule has 0 bridgehead atoms. The standard InChI is InChI=1S/C15H17NO2/c1-9-3-6-13-11(8-18-15(13)10(9)2)7-14(17)16-12-4-5-12/h3,6,8,12H,4-5,7H2,1-2H3,(H,16,17). The van der Waals surface area contributed by atoms with Crippen molar-refractivity contribution in [2.24, 2.45) is 0 Å². The third-order valence-corrected chi connectivity index (χ3v) is 3.64. The molecule has 0 spiro atoms. The Hall–Kier alpha value is -1.77. The zero-order chi connectivity index (χ0) is 12.7. The van der Waals surface area contributed by atoms with E-state index in [-0.39, 0.29) is 5.91 Å². The van der Waals surface area contributed by atoms with E-state index in [9.17, 15) is 4.79 Å². The van der Waals surface area contributed by atoms with Crippen LogP contribution in [0, 0.1) is 13.8 Å². The first kappa shape index (κ1) is 11.3. The number of benzene rings is 1. The number of amides is 1. The normalized spacial score (nSPS) is 15.0. The summed E-state index contributed by atoms with van der Waals surface area (Å²) in [7, 11) is 0. The van der Waals surface area contributed by atoms with Gasteiger partial charge in [-0.2, -0.15) is 0 Å². The molecule has 3 heteroatoms.